The van der Waals surface area contributed by atoms with Gasteiger partial charge in [0.2, 0.25) is 0 Å². The summed E-state index contributed by atoms with van der Waals surface area (Å²) in [6.45, 7) is 3.23. The first kappa shape index (κ1) is 9.78. The van der Waals surface area contributed by atoms with Crippen molar-refractivity contribution in [2.75, 3.05) is 13.6 Å². The number of hydrogen-bond acceptors (Lipinski definition) is 3. The minimum atomic E-state index is 0.402. The summed E-state index contributed by atoms with van der Waals surface area (Å²) >= 11 is 0. The van der Waals surface area contributed by atoms with Gasteiger partial charge in [-0.05, 0) is 45.0 Å². The van der Waals surface area contributed by atoms with Crippen LogP contribution in [-0.4, -0.2) is 33.1 Å². The molecule has 4 nitrogen and oxygen atoms in total. The third kappa shape index (κ3) is 1.41. The standard InChI is InChI=1S/C12H16N4/c1-9-5-3-8-16-12(9)13-11(14-16)10-6-4-7-15(10)2/h3,5,8,10H,4,6-7H2,1-2H3. The van der Waals surface area contributed by atoms with Gasteiger partial charge in [0.1, 0.15) is 0 Å². The van der Waals surface area contributed by atoms with Gasteiger partial charge < -0.3 is 0 Å². The molecule has 16 heavy (non-hydrogen) atoms. The molecule has 84 valence electrons. The highest BCUT2D eigenvalue weighted by atomic mass is 15.3. The number of hydrogen-bond donors (Lipinski definition) is 0. The molecule has 0 N–H and O–H groups in total. The lowest BCUT2D eigenvalue weighted by atomic mass is 10.2. The molecule has 1 saturated heterocycles. The van der Waals surface area contributed by atoms with E-state index in [9.17, 15) is 0 Å². The van der Waals surface area contributed by atoms with Crippen molar-refractivity contribution in [2.45, 2.75) is 25.8 Å². The Labute approximate surface area is 94.9 Å². The highest BCUT2D eigenvalue weighted by Gasteiger charge is 2.26. The maximum Gasteiger partial charge on any atom is 0.168 e. The Balaban J connectivity index is 2.08. The number of nitrogens with zero attached hydrogens (tertiary/aromatic N) is 4. The second-order valence-electron chi connectivity index (χ2n) is 4.57. The van der Waals surface area contributed by atoms with Crippen LogP contribution in [0, 0.1) is 6.92 Å². The minimum absolute atomic E-state index is 0.402. The molecule has 1 fully saturated rings. The monoisotopic (exact) mass is 216 g/mol. The van der Waals surface area contributed by atoms with Crippen LogP contribution < -0.4 is 0 Å². The van der Waals surface area contributed by atoms with Crippen LogP contribution in [0.3, 0.4) is 0 Å². The normalized spacial score (nSPS) is 22.0. The van der Waals surface area contributed by atoms with Crippen LogP contribution in [0.15, 0.2) is 18.3 Å². The summed E-state index contributed by atoms with van der Waals surface area (Å²) in [7, 11) is 2.15. The summed E-state index contributed by atoms with van der Waals surface area (Å²) in [6, 6.07) is 4.49. The van der Waals surface area contributed by atoms with E-state index in [4.69, 9.17) is 0 Å². The molecular formula is C12H16N4. The summed E-state index contributed by atoms with van der Waals surface area (Å²) in [6.07, 6.45) is 4.38. The first-order valence-corrected chi connectivity index (χ1v) is 5.78. The van der Waals surface area contributed by atoms with Crippen LogP contribution in [0.4, 0.5) is 0 Å². The van der Waals surface area contributed by atoms with E-state index >= 15 is 0 Å². The van der Waals surface area contributed by atoms with E-state index in [-0.39, 0.29) is 0 Å². The van der Waals surface area contributed by atoms with E-state index in [0.717, 1.165) is 18.0 Å². The Morgan fingerprint density at radius 2 is 2.31 bits per heavy atom. The van der Waals surface area contributed by atoms with E-state index in [1.54, 1.807) is 0 Å². The molecule has 1 aliphatic rings. The predicted molar refractivity (Wildman–Crippen MR) is 62.3 cm³/mol. The maximum absolute atomic E-state index is 4.65. The Kier molecular flexibility index (Phi) is 2.17. The Bertz CT molecular complexity index is 517. The minimum Gasteiger partial charge on any atom is -0.296 e. The third-order valence-corrected chi connectivity index (χ3v) is 3.39. The van der Waals surface area contributed by atoms with E-state index in [1.807, 2.05) is 16.8 Å². The third-order valence-electron chi connectivity index (χ3n) is 3.39. The zero-order valence-electron chi connectivity index (χ0n) is 9.72. The van der Waals surface area contributed by atoms with Gasteiger partial charge in [0.25, 0.3) is 0 Å². The van der Waals surface area contributed by atoms with Gasteiger partial charge in [0, 0.05) is 6.20 Å². The van der Waals surface area contributed by atoms with Gasteiger partial charge in [-0.2, -0.15) is 0 Å². The number of aromatic nitrogens is 3. The van der Waals surface area contributed by atoms with Crippen LogP contribution in [0.25, 0.3) is 5.65 Å². The number of aryl methyl sites for hydroxylation is 1. The molecular weight excluding hydrogens is 200 g/mol. The average Bonchev–Trinajstić information content (AvgIpc) is 2.84. The molecule has 0 bridgehead atoms. The molecule has 0 amide bonds. The first-order valence-electron chi connectivity index (χ1n) is 5.78. The summed E-state index contributed by atoms with van der Waals surface area (Å²) in [4.78, 5) is 6.99. The van der Waals surface area contributed by atoms with E-state index < -0.39 is 0 Å². The molecule has 4 heteroatoms. The predicted octanol–water partition coefficient (Wildman–Crippen LogP) is 1.80. The van der Waals surface area contributed by atoms with Gasteiger partial charge in [0.05, 0.1) is 6.04 Å². The van der Waals surface area contributed by atoms with Gasteiger partial charge in [-0.3, -0.25) is 4.90 Å². The molecule has 2 aromatic rings. The largest absolute Gasteiger partial charge is 0.296 e. The Morgan fingerprint density at radius 1 is 1.44 bits per heavy atom. The number of rotatable bonds is 1. The fourth-order valence-electron chi connectivity index (χ4n) is 2.43. The Morgan fingerprint density at radius 3 is 3.00 bits per heavy atom. The van der Waals surface area contributed by atoms with Crippen molar-refractivity contribution in [3.63, 3.8) is 0 Å². The molecule has 0 aliphatic carbocycles. The summed E-state index contributed by atoms with van der Waals surface area (Å²) in [5.41, 5.74) is 2.17. The molecule has 1 aliphatic heterocycles. The molecule has 1 atom stereocenters. The van der Waals surface area contributed by atoms with Crippen molar-refractivity contribution in [1.29, 1.82) is 0 Å². The lowest BCUT2D eigenvalue weighted by Gasteiger charge is -2.15. The fraction of sp³-hybridized carbons (Fsp3) is 0.500. The van der Waals surface area contributed by atoms with Crippen molar-refractivity contribution >= 4 is 5.65 Å². The number of pyridine rings is 1. The van der Waals surface area contributed by atoms with Gasteiger partial charge in [-0.25, -0.2) is 9.50 Å². The van der Waals surface area contributed by atoms with Crippen LogP contribution >= 0.6 is 0 Å². The molecule has 0 radical (unpaired) electrons. The topological polar surface area (TPSA) is 33.4 Å². The Hall–Kier alpha value is -1.42. The molecule has 1 unspecified atom stereocenters. The molecule has 3 heterocycles. The van der Waals surface area contributed by atoms with Gasteiger partial charge in [-0.15, -0.1) is 5.10 Å². The fourth-order valence-corrected chi connectivity index (χ4v) is 2.43. The second kappa shape index (κ2) is 3.56. The summed E-state index contributed by atoms with van der Waals surface area (Å²) in [5.74, 6) is 0.967. The van der Waals surface area contributed by atoms with Gasteiger partial charge >= 0.3 is 0 Å². The highest BCUT2D eigenvalue weighted by molar-refractivity contribution is 5.45. The molecule has 3 rings (SSSR count). The quantitative estimate of drug-likeness (QED) is 0.729. The smallest absolute Gasteiger partial charge is 0.168 e. The summed E-state index contributed by atoms with van der Waals surface area (Å²) in [5, 5.41) is 4.57. The lowest BCUT2D eigenvalue weighted by molar-refractivity contribution is 0.306. The summed E-state index contributed by atoms with van der Waals surface area (Å²) < 4.78 is 1.89. The SMILES string of the molecule is Cc1cccn2nc(C3CCCN3C)nc12. The van der Waals surface area contributed by atoms with E-state index in [2.05, 4.69) is 35.0 Å². The molecule has 2 aromatic heterocycles. The van der Waals surface area contributed by atoms with Crippen LogP contribution in [0.1, 0.15) is 30.3 Å². The van der Waals surface area contributed by atoms with E-state index in [0.29, 0.717) is 6.04 Å². The maximum atomic E-state index is 4.65. The van der Waals surface area contributed by atoms with Crippen molar-refractivity contribution in [3.05, 3.63) is 29.7 Å². The highest BCUT2D eigenvalue weighted by Crippen LogP contribution is 2.28. The van der Waals surface area contributed by atoms with E-state index in [1.165, 1.54) is 18.4 Å². The number of fused-ring (bicyclic) bond motifs is 1. The van der Waals surface area contributed by atoms with Crippen molar-refractivity contribution in [2.24, 2.45) is 0 Å². The second-order valence-corrected chi connectivity index (χ2v) is 4.57. The van der Waals surface area contributed by atoms with Gasteiger partial charge in [0.15, 0.2) is 11.5 Å². The van der Waals surface area contributed by atoms with Crippen LogP contribution in [0.2, 0.25) is 0 Å². The van der Waals surface area contributed by atoms with Crippen molar-refractivity contribution < 1.29 is 0 Å². The molecule has 0 spiro atoms. The van der Waals surface area contributed by atoms with Crippen molar-refractivity contribution in [3.8, 4) is 0 Å². The zero-order valence-corrected chi connectivity index (χ0v) is 9.72. The molecule has 0 aromatic carbocycles. The van der Waals surface area contributed by atoms with Crippen LogP contribution in [-0.2, 0) is 0 Å². The number of likely N-dealkylation sites (tertiary alicyclic amines) is 1. The zero-order chi connectivity index (χ0) is 11.1. The average molecular weight is 216 g/mol. The van der Waals surface area contributed by atoms with Crippen LogP contribution in [0.5, 0.6) is 0 Å². The van der Waals surface area contributed by atoms with Gasteiger partial charge in [-0.1, -0.05) is 6.07 Å². The lowest BCUT2D eigenvalue weighted by Crippen LogP contribution is -2.18. The van der Waals surface area contributed by atoms with Crippen molar-refractivity contribution in [1.82, 2.24) is 19.5 Å². The first-order chi connectivity index (χ1) is 7.75. The molecule has 0 saturated carbocycles.